The van der Waals surface area contributed by atoms with E-state index >= 15 is 0 Å². The minimum Gasteiger partial charge on any atom is -0.395 e. The van der Waals surface area contributed by atoms with Crippen LogP contribution in [0.2, 0.25) is 0 Å². The van der Waals surface area contributed by atoms with Crippen molar-refractivity contribution < 1.29 is 13.5 Å². The van der Waals surface area contributed by atoms with Crippen LogP contribution in [0, 0.1) is 5.92 Å². The second-order valence-electron chi connectivity index (χ2n) is 5.27. The maximum absolute atomic E-state index is 12.1. The molecule has 0 aromatic heterocycles. The molecule has 0 amide bonds. The number of aliphatic hydroxyl groups is 1. The number of hydrogen-bond acceptors (Lipinski definition) is 3. The van der Waals surface area contributed by atoms with Crippen molar-refractivity contribution in [3.8, 4) is 0 Å². The lowest BCUT2D eigenvalue weighted by molar-refractivity contribution is 0.289. The summed E-state index contributed by atoms with van der Waals surface area (Å²) in [6.45, 7) is 4.52. The van der Waals surface area contributed by atoms with E-state index in [1.807, 2.05) is 0 Å². The zero-order valence-corrected chi connectivity index (χ0v) is 11.7. The van der Waals surface area contributed by atoms with Crippen molar-refractivity contribution in [1.82, 2.24) is 4.31 Å². The molecule has 4 nitrogen and oxygen atoms in total. The largest absolute Gasteiger partial charge is 0.395 e. The molecular weight excluding hydrogens is 238 g/mol. The van der Waals surface area contributed by atoms with Gasteiger partial charge in [-0.25, -0.2) is 8.42 Å². The summed E-state index contributed by atoms with van der Waals surface area (Å²) in [7, 11) is -3.27. The van der Waals surface area contributed by atoms with E-state index in [0.717, 1.165) is 32.1 Å². The number of rotatable bonds is 7. The molecular formula is C12H25NO3S. The van der Waals surface area contributed by atoms with Crippen LogP contribution in [0.4, 0.5) is 0 Å². The third-order valence-electron chi connectivity index (χ3n) is 3.37. The van der Waals surface area contributed by atoms with Gasteiger partial charge >= 0.3 is 0 Å². The smallest absolute Gasteiger partial charge is 0.216 e. The summed E-state index contributed by atoms with van der Waals surface area (Å²) in [6, 6.07) is 0.172. The first-order valence-electron chi connectivity index (χ1n) is 6.57. The Labute approximate surface area is 105 Å². The summed E-state index contributed by atoms with van der Waals surface area (Å²) in [6.07, 6.45) is 5.08. The lowest BCUT2D eigenvalue weighted by Gasteiger charge is -2.28. The van der Waals surface area contributed by atoms with Crippen molar-refractivity contribution in [3.63, 3.8) is 0 Å². The average molecular weight is 263 g/mol. The lowest BCUT2D eigenvalue weighted by Crippen LogP contribution is -2.41. The van der Waals surface area contributed by atoms with Crippen molar-refractivity contribution in [3.05, 3.63) is 0 Å². The van der Waals surface area contributed by atoms with Gasteiger partial charge in [-0.15, -0.1) is 0 Å². The SMILES string of the molecule is CC(C)CCN(C1CCCC1)S(=O)(=O)CCO. The van der Waals surface area contributed by atoms with Crippen LogP contribution in [0.1, 0.15) is 46.0 Å². The summed E-state index contributed by atoms with van der Waals surface area (Å²) >= 11 is 0. The molecule has 0 spiro atoms. The molecule has 102 valence electrons. The number of aliphatic hydroxyl groups excluding tert-OH is 1. The number of nitrogens with zero attached hydrogens (tertiary/aromatic N) is 1. The topological polar surface area (TPSA) is 57.6 Å². The minimum absolute atomic E-state index is 0.137. The molecule has 0 aromatic carbocycles. The van der Waals surface area contributed by atoms with Crippen molar-refractivity contribution in [1.29, 1.82) is 0 Å². The Balaban J connectivity index is 2.70. The maximum Gasteiger partial charge on any atom is 0.216 e. The maximum atomic E-state index is 12.1. The number of hydrogen-bond donors (Lipinski definition) is 1. The van der Waals surface area contributed by atoms with Gasteiger partial charge in [0.25, 0.3) is 0 Å². The normalized spacial score (nSPS) is 18.4. The van der Waals surface area contributed by atoms with E-state index < -0.39 is 10.0 Å². The fourth-order valence-electron chi connectivity index (χ4n) is 2.36. The monoisotopic (exact) mass is 263 g/mol. The Hall–Kier alpha value is -0.130. The van der Waals surface area contributed by atoms with Gasteiger partial charge in [-0.1, -0.05) is 26.7 Å². The average Bonchev–Trinajstić information content (AvgIpc) is 2.70. The van der Waals surface area contributed by atoms with Crippen molar-refractivity contribution in [2.75, 3.05) is 18.9 Å². The molecule has 1 aliphatic carbocycles. The highest BCUT2D eigenvalue weighted by atomic mass is 32.2. The Morgan fingerprint density at radius 1 is 1.29 bits per heavy atom. The molecule has 0 bridgehead atoms. The van der Waals surface area contributed by atoms with Crippen LogP contribution < -0.4 is 0 Å². The fraction of sp³-hybridized carbons (Fsp3) is 1.00. The molecule has 1 aliphatic rings. The third kappa shape index (κ3) is 4.56. The lowest BCUT2D eigenvalue weighted by atomic mass is 10.1. The summed E-state index contributed by atoms with van der Waals surface area (Å²) in [5.74, 6) is 0.366. The van der Waals surface area contributed by atoms with Crippen LogP contribution in [0.3, 0.4) is 0 Å². The van der Waals surface area contributed by atoms with Crippen molar-refractivity contribution in [2.24, 2.45) is 5.92 Å². The highest BCUT2D eigenvalue weighted by molar-refractivity contribution is 7.89. The predicted octanol–water partition coefficient (Wildman–Crippen LogP) is 1.60. The van der Waals surface area contributed by atoms with E-state index in [1.165, 1.54) is 0 Å². The molecule has 1 N–H and O–H groups in total. The Morgan fingerprint density at radius 2 is 1.88 bits per heavy atom. The molecule has 0 atom stereocenters. The quantitative estimate of drug-likeness (QED) is 0.759. The van der Waals surface area contributed by atoms with Gasteiger partial charge in [-0.3, -0.25) is 0 Å². The van der Waals surface area contributed by atoms with Crippen LogP contribution >= 0.6 is 0 Å². The van der Waals surface area contributed by atoms with Gasteiger partial charge < -0.3 is 5.11 Å². The van der Waals surface area contributed by atoms with Crippen LogP contribution in [-0.2, 0) is 10.0 Å². The fourth-order valence-corrected chi connectivity index (χ4v) is 3.87. The molecule has 1 saturated carbocycles. The summed E-state index contributed by atoms with van der Waals surface area (Å²) in [4.78, 5) is 0. The van der Waals surface area contributed by atoms with Crippen LogP contribution in [0.15, 0.2) is 0 Å². The highest BCUT2D eigenvalue weighted by Gasteiger charge is 2.31. The minimum atomic E-state index is -3.27. The van der Waals surface area contributed by atoms with E-state index in [-0.39, 0.29) is 18.4 Å². The Bertz CT molecular complexity index is 308. The Morgan fingerprint density at radius 3 is 2.35 bits per heavy atom. The summed E-state index contributed by atoms with van der Waals surface area (Å²) in [5.41, 5.74) is 0. The van der Waals surface area contributed by atoms with E-state index in [0.29, 0.717) is 12.5 Å². The summed E-state index contributed by atoms with van der Waals surface area (Å²) in [5, 5.41) is 8.87. The third-order valence-corrected chi connectivity index (χ3v) is 5.26. The molecule has 1 rings (SSSR count). The Kier molecular flexibility index (Phi) is 5.89. The molecule has 5 heteroatoms. The molecule has 0 aliphatic heterocycles. The van der Waals surface area contributed by atoms with Gasteiger partial charge in [0.2, 0.25) is 10.0 Å². The second kappa shape index (κ2) is 6.71. The van der Waals surface area contributed by atoms with Crippen molar-refractivity contribution >= 4 is 10.0 Å². The summed E-state index contributed by atoms with van der Waals surface area (Å²) < 4.78 is 25.8. The highest BCUT2D eigenvalue weighted by Crippen LogP contribution is 2.26. The zero-order chi connectivity index (χ0) is 12.9. The molecule has 1 fully saturated rings. The zero-order valence-electron chi connectivity index (χ0n) is 10.9. The second-order valence-corrected chi connectivity index (χ2v) is 7.31. The van der Waals surface area contributed by atoms with Gasteiger partial charge in [0.05, 0.1) is 12.4 Å². The molecule has 0 unspecified atom stereocenters. The van der Waals surface area contributed by atoms with Gasteiger partial charge in [0.15, 0.2) is 0 Å². The van der Waals surface area contributed by atoms with Gasteiger partial charge in [0, 0.05) is 12.6 Å². The van der Waals surface area contributed by atoms with E-state index in [9.17, 15) is 8.42 Å². The molecule has 0 aromatic rings. The first kappa shape index (κ1) is 14.9. The van der Waals surface area contributed by atoms with Gasteiger partial charge in [0.1, 0.15) is 0 Å². The van der Waals surface area contributed by atoms with Crippen molar-refractivity contribution in [2.45, 2.75) is 52.0 Å². The first-order chi connectivity index (χ1) is 7.97. The standard InChI is InChI=1S/C12H25NO3S/c1-11(2)7-8-13(12-5-3-4-6-12)17(15,16)10-9-14/h11-12,14H,3-10H2,1-2H3. The van der Waals surface area contributed by atoms with Crippen LogP contribution in [0.5, 0.6) is 0 Å². The van der Waals surface area contributed by atoms with E-state index in [1.54, 1.807) is 4.31 Å². The predicted molar refractivity (Wildman–Crippen MR) is 69.3 cm³/mol. The van der Waals surface area contributed by atoms with E-state index in [4.69, 9.17) is 5.11 Å². The van der Waals surface area contributed by atoms with Gasteiger partial charge in [-0.05, 0) is 25.2 Å². The molecule has 0 heterocycles. The van der Waals surface area contributed by atoms with Crippen LogP contribution in [-0.4, -0.2) is 42.8 Å². The molecule has 0 radical (unpaired) electrons. The first-order valence-corrected chi connectivity index (χ1v) is 8.18. The van der Waals surface area contributed by atoms with E-state index in [2.05, 4.69) is 13.8 Å². The van der Waals surface area contributed by atoms with Gasteiger partial charge in [-0.2, -0.15) is 4.31 Å². The number of sulfonamides is 1. The molecule has 0 saturated heterocycles. The van der Waals surface area contributed by atoms with Crippen LogP contribution in [0.25, 0.3) is 0 Å². The molecule has 17 heavy (non-hydrogen) atoms.